The van der Waals surface area contributed by atoms with Crippen molar-refractivity contribution in [2.24, 2.45) is 11.8 Å². The number of esters is 2. The molecule has 0 amide bonds. The number of hydrogen-bond donors (Lipinski definition) is 2. The first-order chi connectivity index (χ1) is 19.0. The molecule has 4 unspecified atom stereocenters. The molecule has 0 saturated carbocycles. The van der Waals surface area contributed by atoms with Gasteiger partial charge in [-0.3, -0.25) is 18.7 Å². The summed E-state index contributed by atoms with van der Waals surface area (Å²) in [5.74, 6) is -1.61. The first-order valence-corrected chi connectivity index (χ1v) is 17.9. The van der Waals surface area contributed by atoms with Crippen molar-refractivity contribution >= 4 is 59.9 Å². The summed E-state index contributed by atoms with van der Waals surface area (Å²) >= 11 is 0. The molecule has 2 N–H and O–H groups in total. The van der Waals surface area contributed by atoms with Crippen molar-refractivity contribution in [3.8, 4) is 0 Å². The van der Waals surface area contributed by atoms with Gasteiger partial charge in [0.25, 0.3) is 10.1 Å². The molecule has 0 aliphatic carbocycles. The van der Waals surface area contributed by atoms with Crippen molar-refractivity contribution < 1.29 is 46.0 Å². The fourth-order valence-corrected chi connectivity index (χ4v) is 4.84. The maximum atomic E-state index is 12.2. The van der Waals surface area contributed by atoms with Gasteiger partial charge in [0, 0.05) is 0 Å². The molecule has 4 atom stereocenters. The van der Waals surface area contributed by atoms with Crippen LogP contribution >= 0.6 is 8.25 Å². The van der Waals surface area contributed by atoms with Crippen molar-refractivity contribution in [3.63, 3.8) is 0 Å². The molecule has 0 fully saturated rings. The summed E-state index contributed by atoms with van der Waals surface area (Å²) in [6.45, 7) is 11.0. The van der Waals surface area contributed by atoms with Crippen molar-refractivity contribution in [3.05, 3.63) is 0 Å². The van der Waals surface area contributed by atoms with Crippen LogP contribution in [0.1, 0.15) is 131 Å². The van der Waals surface area contributed by atoms with Gasteiger partial charge in [-0.25, -0.2) is 0 Å². The molecule has 0 aromatic carbocycles. The van der Waals surface area contributed by atoms with Crippen LogP contribution in [0.3, 0.4) is 0 Å². The Morgan fingerprint density at radius 2 is 1.22 bits per heavy atom. The predicted octanol–water partition coefficient (Wildman–Crippen LogP) is 6.25. The minimum atomic E-state index is -4.76. The molecule has 0 aliphatic rings. The van der Waals surface area contributed by atoms with E-state index in [0.717, 1.165) is 64.2 Å². The Hall–Kier alpha value is -0.000000000000000222. The van der Waals surface area contributed by atoms with Gasteiger partial charge in [-0.1, -0.05) is 105 Å². The van der Waals surface area contributed by atoms with Crippen LogP contribution in [0.15, 0.2) is 0 Å². The van der Waals surface area contributed by atoms with Gasteiger partial charge in [0.15, 0.2) is 5.25 Å². The van der Waals surface area contributed by atoms with E-state index in [1.54, 1.807) is 0 Å². The van der Waals surface area contributed by atoms with Crippen LogP contribution in [-0.4, -0.2) is 84.4 Å². The molecule has 0 heterocycles. The summed E-state index contributed by atoms with van der Waals surface area (Å²) in [5, 5.41) is -1.95. The topological polar surface area (TPSA) is 154 Å². The Labute approximate surface area is 272 Å². The molecule has 0 bridgehead atoms. The van der Waals surface area contributed by atoms with E-state index in [-0.39, 0.29) is 54.6 Å². The average molecular weight is 641 g/mol. The van der Waals surface area contributed by atoms with Crippen molar-refractivity contribution in [1.29, 1.82) is 0 Å². The Morgan fingerprint density at radius 1 is 0.756 bits per heavy atom. The van der Waals surface area contributed by atoms with Gasteiger partial charge in [-0.15, -0.1) is 0 Å². The van der Waals surface area contributed by atoms with Gasteiger partial charge in [0.2, 0.25) is 0 Å². The van der Waals surface area contributed by atoms with Gasteiger partial charge in [-0.05, 0) is 31.1 Å². The van der Waals surface area contributed by atoms with Crippen LogP contribution in [0, 0.1) is 11.8 Å². The molecule has 41 heavy (non-hydrogen) atoms. The van der Waals surface area contributed by atoms with Crippen molar-refractivity contribution in [2.75, 3.05) is 19.8 Å². The molecule has 0 spiro atoms. The number of ether oxygens (including phenoxy) is 2. The van der Waals surface area contributed by atoms with Gasteiger partial charge in [0.1, 0.15) is 0 Å². The minimum absolute atomic E-state index is 0. The first kappa shape index (κ1) is 45.4. The van der Waals surface area contributed by atoms with E-state index in [1.165, 1.54) is 25.7 Å². The van der Waals surface area contributed by atoms with E-state index in [2.05, 4.69) is 25.3 Å². The van der Waals surface area contributed by atoms with Gasteiger partial charge in [0.05, 0.1) is 26.2 Å². The molecule has 0 radical (unpaired) electrons. The second kappa shape index (κ2) is 30.0. The van der Waals surface area contributed by atoms with Gasteiger partial charge in [-0.2, -0.15) is 8.42 Å². The third kappa shape index (κ3) is 28.5. The number of carbonyl (C=O) groups excluding carboxylic acids is 2. The van der Waals surface area contributed by atoms with Crippen LogP contribution in [0.25, 0.3) is 0 Å². The molecule has 13 heteroatoms. The SMILES string of the molecule is CCCCC(CC)COC(=O)CC(C(=O)OCC(CC)CCCC)S(=O)(=O)O.CCCCCCCCO[PH](=O)O.[NaH]. The van der Waals surface area contributed by atoms with Crippen LogP contribution in [0.5, 0.6) is 0 Å². The zero-order valence-electron chi connectivity index (χ0n) is 25.5. The molecule has 0 saturated heterocycles. The molecular formula is C28H58NaO10PS. The van der Waals surface area contributed by atoms with Crippen LogP contribution < -0.4 is 0 Å². The number of rotatable bonds is 24. The normalized spacial score (nSPS) is 14.0. The van der Waals surface area contributed by atoms with E-state index < -0.39 is 42.0 Å². The number of hydrogen-bond acceptors (Lipinski definition) is 8. The molecule has 0 aromatic heterocycles. The Bertz CT molecular complexity index is 767. The summed E-state index contributed by atoms with van der Waals surface area (Å²) in [4.78, 5) is 32.5. The van der Waals surface area contributed by atoms with E-state index in [4.69, 9.17) is 14.4 Å². The maximum absolute atomic E-state index is 12.2. The summed E-state index contributed by atoms with van der Waals surface area (Å²) in [6, 6.07) is 0. The third-order valence-electron chi connectivity index (χ3n) is 6.73. The number of carbonyl (C=O) groups is 2. The Morgan fingerprint density at radius 3 is 1.66 bits per heavy atom. The van der Waals surface area contributed by atoms with E-state index in [9.17, 15) is 27.1 Å². The van der Waals surface area contributed by atoms with Crippen LogP contribution in [0.2, 0.25) is 0 Å². The van der Waals surface area contributed by atoms with Crippen molar-refractivity contribution in [2.45, 2.75) is 136 Å². The zero-order chi connectivity index (χ0) is 30.8. The molecule has 242 valence electrons. The van der Waals surface area contributed by atoms with Crippen LogP contribution in [0.4, 0.5) is 0 Å². The fourth-order valence-electron chi connectivity index (χ4n) is 3.86. The summed E-state index contributed by atoms with van der Waals surface area (Å²) in [5.41, 5.74) is 0. The van der Waals surface area contributed by atoms with Crippen molar-refractivity contribution in [1.82, 2.24) is 0 Å². The molecule has 0 aromatic rings. The Balaban J connectivity index is -0.000000933. The predicted molar refractivity (Wildman–Crippen MR) is 166 cm³/mol. The Kier molecular flexibility index (Phi) is 33.3. The first-order valence-electron chi connectivity index (χ1n) is 15.1. The van der Waals surface area contributed by atoms with E-state index in [1.807, 2.05) is 13.8 Å². The number of unbranched alkanes of at least 4 members (excludes halogenated alkanes) is 7. The molecule has 0 aliphatic heterocycles. The second-order valence-electron chi connectivity index (χ2n) is 10.2. The van der Waals surface area contributed by atoms with Crippen LogP contribution in [-0.2, 0) is 38.3 Å². The van der Waals surface area contributed by atoms with Gasteiger partial charge >= 0.3 is 49.8 Å². The molecular weight excluding hydrogens is 582 g/mol. The molecule has 10 nitrogen and oxygen atoms in total. The average Bonchev–Trinajstić information content (AvgIpc) is 2.90. The standard InChI is InChI=1S/C20H38O7S.C8H19O3P.Na.H/c1-5-9-11-16(7-3)14-26-19(21)13-18(28(23,24)25)20(22)27-15-17(8-4)12-10-6-2;1-2-3-4-5-6-7-8-11-12(9)10;;/h16-18H,5-15H2,1-4H3,(H,23,24,25);12H,2-8H2,1H3,(H,9,10);;. The summed E-state index contributed by atoms with van der Waals surface area (Å²) < 4.78 is 57.4. The van der Waals surface area contributed by atoms with E-state index >= 15 is 0 Å². The monoisotopic (exact) mass is 640 g/mol. The summed E-state index contributed by atoms with van der Waals surface area (Å²) in [6.07, 6.45) is 13.8. The van der Waals surface area contributed by atoms with E-state index in [0.29, 0.717) is 6.61 Å². The van der Waals surface area contributed by atoms with Gasteiger partial charge < -0.3 is 18.9 Å². The third-order valence-corrected chi connectivity index (χ3v) is 8.26. The second-order valence-corrected chi connectivity index (χ2v) is 12.7. The molecule has 0 rings (SSSR count). The fraction of sp³-hybridized carbons (Fsp3) is 0.929. The summed E-state index contributed by atoms with van der Waals surface area (Å²) in [7, 11) is -7.45. The quantitative estimate of drug-likeness (QED) is 0.0407. The zero-order valence-corrected chi connectivity index (χ0v) is 27.3.